The zero-order valence-electron chi connectivity index (χ0n) is 17.9. The third kappa shape index (κ3) is 4.29. The number of hydrogen-bond donors (Lipinski definition) is 1. The van der Waals surface area contributed by atoms with Crippen molar-refractivity contribution < 1.29 is 9.21 Å². The van der Waals surface area contributed by atoms with Crippen LogP contribution >= 0.6 is 11.8 Å². The number of nitrogens with one attached hydrogen (secondary N) is 1. The lowest BCUT2D eigenvalue weighted by Gasteiger charge is -2.17. The Kier molecular flexibility index (Phi) is 5.87. The highest BCUT2D eigenvalue weighted by Crippen LogP contribution is 2.42. The molecule has 0 unspecified atom stereocenters. The molecule has 0 spiro atoms. The van der Waals surface area contributed by atoms with E-state index in [9.17, 15) is 4.79 Å². The summed E-state index contributed by atoms with van der Waals surface area (Å²) < 4.78 is 7.82. The van der Waals surface area contributed by atoms with E-state index in [0.717, 1.165) is 53.7 Å². The average molecular weight is 437 g/mol. The van der Waals surface area contributed by atoms with Crippen LogP contribution in [-0.2, 0) is 25.9 Å². The highest BCUT2D eigenvalue weighted by Gasteiger charge is 2.27. The zero-order chi connectivity index (χ0) is 21.2. The first kappa shape index (κ1) is 20.4. The molecule has 0 aliphatic carbocycles. The fraction of sp³-hybridized carbons (Fsp3) is 0.417. The van der Waals surface area contributed by atoms with Gasteiger partial charge in [-0.2, -0.15) is 5.10 Å². The summed E-state index contributed by atoms with van der Waals surface area (Å²) in [6.45, 7) is 3.49. The predicted octanol–water partition coefficient (Wildman–Crippen LogP) is 4.59. The maximum Gasteiger partial charge on any atom is 0.272 e. The quantitative estimate of drug-likeness (QED) is 0.634. The van der Waals surface area contributed by atoms with E-state index in [-0.39, 0.29) is 5.91 Å². The van der Waals surface area contributed by atoms with Gasteiger partial charge in [0.25, 0.3) is 5.91 Å². The number of hydrogen-bond acceptors (Lipinski definition) is 5. The third-order valence-corrected chi connectivity index (χ3v) is 7.19. The second kappa shape index (κ2) is 8.93. The van der Waals surface area contributed by atoms with Gasteiger partial charge < -0.3 is 9.73 Å². The molecule has 4 heterocycles. The Morgan fingerprint density at radius 2 is 1.87 bits per heavy atom. The fourth-order valence-electron chi connectivity index (χ4n) is 4.53. The maximum absolute atomic E-state index is 12.9. The predicted molar refractivity (Wildman–Crippen MR) is 122 cm³/mol. The SMILES string of the molecule is Cn1nc(C(=O)NCc2ccc(CN3CCCCCC3)o2)c2c1-c1ccccc1SC2. The van der Waals surface area contributed by atoms with Gasteiger partial charge in [-0.25, -0.2) is 0 Å². The number of thioether (sulfide) groups is 1. The molecule has 0 radical (unpaired) electrons. The maximum atomic E-state index is 12.9. The van der Waals surface area contributed by atoms with Crippen LogP contribution in [-0.4, -0.2) is 33.7 Å². The lowest BCUT2D eigenvalue weighted by molar-refractivity contribution is 0.0941. The minimum absolute atomic E-state index is 0.151. The Morgan fingerprint density at radius 1 is 1.10 bits per heavy atom. The van der Waals surface area contributed by atoms with Gasteiger partial charge in [-0.05, 0) is 44.1 Å². The number of rotatable bonds is 5. The van der Waals surface area contributed by atoms with Gasteiger partial charge in [0, 0.05) is 28.8 Å². The first-order valence-electron chi connectivity index (χ1n) is 11.1. The average Bonchev–Trinajstić information content (AvgIpc) is 3.28. The van der Waals surface area contributed by atoms with Gasteiger partial charge in [0.1, 0.15) is 11.5 Å². The Bertz CT molecular complexity index is 1080. The minimum atomic E-state index is -0.151. The summed E-state index contributed by atoms with van der Waals surface area (Å²) in [7, 11) is 1.91. The van der Waals surface area contributed by atoms with Crippen LogP contribution in [0.4, 0.5) is 0 Å². The Hall–Kier alpha value is -2.51. The van der Waals surface area contributed by atoms with E-state index >= 15 is 0 Å². The largest absolute Gasteiger partial charge is 0.463 e. The molecule has 0 bridgehead atoms. The lowest BCUT2D eigenvalue weighted by atomic mass is 10.1. The number of aromatic nitrogens is 2. The summed E-state index contributed by atoms with van der Waals surface area (Å²) in [5, 5.41) is 7.55. The molecule has 0 atom stereocenters. The molecule has 2 aliphatic rings. The van der Waals surface area contributed by atoms with Crippen molar-refractivity contribution >= 4 is 17.7 Å². The first-order valence-corrected chi connectivity index (χ1v) is 12.0. The normalized spacial score (nSPS) is 16.4. The van der Waals surface area contributed by atoms with E-state index < -0.39 is 0 Å². The molecule has 3 aromatic rings. The number of nitrogens with zero attached hydrogens (tertiary/aromatic N) is 3. The van der Waals surface area contributed by atoms with Crippen molar-refractivity contribution in [1.29, 1.82) is 0 Å². The van der Waals surface area contributed by atoms with E-state index in [4.69, 9.17) is 4.42 Å². The monoisotopic (exact) mass is 436 g/mol. The molecule has 162 valence electrons. The van der Waals surface area contributed by atoms with Crippen molar-refractivity contribution in [3.63, 3.8) is 0 Å². The van der Waals surface area contributed by atoms with E-state index in [1.54, 1.807) is 11.8 Å². The standard InChI is InChI=1S/C24H28N4O2S/c1-27-23-19-8-4-5-9-21(19)31-16-20(23)22(26-27)24(29)25-14-17-10-11-18(30-17)15-28-12-6-2-3-7-13-28/h4-5,8-11H,2-3,6-7,12-16H2,1H3,(H,25,29). The molecule has 1 amide bonds. The van der Waals surface area contributed by atoms with Gasteiger partial charge in [0.15, 0.2) is 5.69 Å². The highest BCUT2D eigenvalue weighted by molar-refractivity contribution is 7.98. The van der Waals surface area contributed by atoms with Gasteiger partial charge in [0.2, 0.25) is 0 Å². The van der Waals surface area contributed by atoms with Crippen LogP contribution in [0.25, 0.3) is 11.3 Å². The molecule has 2 aliphatic heterocycles. The lowest BCUT2D eigenvalue weighted by Crippen LogP contribution is -2.24. The van der Waals surface area contributed by atoms with Gasteiger partial charge in [-0.15, -0.1) is 11.8 Å². The molecular weight excluding hydrogens is 408 g/mol. The number of benzene rings is 1. The number of carbonyl (C=O) groups is 1. The second-order valence-corrected chi connectivity index (χ2v) is 9.34. The van der Waals surface area contributed by atoms with E-state index in [1.807, 2.05) is 36.0 Å². The number of fused-ring (bicyclic) bond motifs is 3. The topological polar surface area (TPSA) is 63.3 Å². The van der Waals surface area contributed by atoms with Crippen molar-refractivity contribution in [3.8, 4) is 11.3 Å². The van der Waals surface area contributed by atoms with Crippen molar-refractivity contribution in [2.24, 2.45) is 7.05 Å². The first-order chi connectivity index (χ1) is 15.2. The van der Waals surface area contributed by atoms with Crippen molar-refractivity contribution in [1.82, 2.24) is 20.0 Å². The summed E-state index contributed by atoms with van der Waals surface area (Å²) in [6, 6.07) is 12.3. The van der Waals surface area contributed by atoms with Crippen LogP contribution in [0.2, 0.25) is 0 Å². The molecule has 5 rings (SSSR count). The Labute approximate surface area is 187 Å². The number of amides is 1. The summed E-state index contributed by atoms with van der Waals surface area (Å²) in [5.41, 5.74) is 3.70. The molecule has 1 saturated heterocycles. The Morgan fingerprint density at radius 3 is 2.71 bits per heavy atom. The van der Waals surface area contributed by atoms with Crippen LogP contribution < -0.4 is 5.32 Å². The van der Waals surface area contributed by atoms with Gasteiger partial charge in [-0.3, -0.25) is 14.4 Å². The second-order valence-electron chi connectivity index (χ2n) is 8.33. The third-order valence-electron chi connectivity index (χ3n) is 6.09. The van der Waals surface area contributed by atoms with Crippen molar-refractivity contribution in [2.45, 2.75) is 49.4 Å². The van der Waals surface area contributed by atoms with Crippen LogP contribution in [0.5, 0.6) is 0 Å². The number of furan rings is 1. The summed E-state index contributed by atoms with van der Waals surface area (Å²) >= 11 is 1.76. The molecule has 7 heteroatoms. The molecule has 0 saturated carbocycles. The summed E-state index contributed by atoms with van der Waals surface area (Å²) in [6.07, 6.45) is 5.18. The smallest absolute Gasteiger partial charge is 0.272 e. The molecule has 31 heavy (non-hydrogen) atoms. The summed E-state index contributed by atoms with van der Waals surface area (Å²) in [5.74, 6) is 2.35. The molecule has 1 N–H and O–H groups in total. The van der Waals surface area contributed by atoms with Crippen LogP contribution in [0, 0.1) is 0 Å². The fourth-order valence-corrected chi connectivity index (χ4v) is 5.60. The van der Waals surface area contributed by atoms with Crippen molar-refractivity contribution in [2.75, 3.05) is 13.1 Å². The zero-order valence-corrected chi connectivity index (χ0v) is 18.7. The van der Waals surface area contributed by atoms with Gasteiger partial charge >= 0.3 is 0 Å². The van der Waals surface area contributed by atoms with E-state index in [1.165, 1.54) is 30.6 Å². The summed E-state index contributed by atoms with van der Waals surface area (Å²) in [4.78, 5) is 16.6. The molecule has 1 fully saturated rings. The molecule has 6 nitrogen and oxygen atoms in total. The number of carbonyl (C=O) groups excluding carboxylic acids is 1. The molecule has 2 aromatic heterocycles. The van der Waals surface area contributed by atoms with E-state index in [0.29, 0.717) is 12.2 Å². The van der Waals surface area contributed by atoms with Crippen molar-refractivity contribution in [3.05, 3.63) is 59.2 Å². The molecular formula is C24H28N4O2S. The highest BCUT2D eigenvalue weighted by atomic mass is 32.2. The van der Waals surface area contributed by atoms with E-state index in [2.05, 4.69) is 27.4 Å². The molecule has 1 aromatic carbocycles. The number of likely N-dealkylation sites (tertiary alicyclic amines) is 1. The minimum Gasteiger partial charge on any atom is -0.463 e. The van der Waals surface area contributed by atoms with Crippen LogP contribution in [0.15, 0.2) is 45.7 Å². The van der Waals surface area contributed by atoms with Gasteiger partial charge in [-0.1, -0.05) is 31.0 Å². The van der Waals surface area contributed by atoms with Crippen LogP contribution in [0.3, 0.4) is 0 Å². The number of aryl methyl sites for hydroxylation is 1. The van der Waals surface area contributed by atoms with Crippen LogP contribution in [0.1, 0.15) is 53.3 Å². The Balaban J connectivity index is 1.25. The van der Waals surface area contributed by atoms with Gasteiger partial charge in [0.05, 0.1) is 18.8 Å².